The van der Waals surface area contributed by atoms with E-state index in [1.807, 2.05) is 13.8 Å². The molecule has 0 bridgehead atoms. The Bertz CT molecular complexity index is 491. The van der Waals surface area contributed by atoms with Crippen LogP contribution < -0.4 is 4.74 Å². The lowest BCUT2D eigenvalue weighted by Gasteiger charge is -2.21. The number of rotatable bonds is 5. The van der Waals surface area contributed by atoms with Crippen LogP contribution >= 0.6 is 11.6 Å². The second-order valence-electron chi connectivity index (χ2n) is 4.18. The number of hydrogen-bond donors (Lipinski definition) is 1. The second-order valence-corrected chi connectivity index (χ2v) is 4.54. The second kappa shape index (κ2) is 6.38. The SMILES string of the molecule is CC(C)N(C)C(=O)c1ccc(OCC(=O)O)c(Cl)n1. The molecule has 1 amide bonds. The number of aromatic nitrogens is 1. The Morgan fingerprint density at radius 2 is 2.11 bits per heavy atom. The zero-order valence-electron chi connectivity index (χ0n) is 10.9. The first-order valence-electron chi connectivity index (χ1n) is 5.61. The smallest absolute Gasteiger partial charge is 0.341 e. The normalized spacial score (nSPS) is 10.4. The van der Waals surface area contributed by atoms with Gasteiger partial charge < -0.3 is 14.7 Å². The number of halogens is 1. The molecule has 1 aromatic heterocycles. The monoisotopic (exact) mass is 286 g/mol. The van der Waals surface area contributed by atoms with Crippen LogP contribution in [-0.2, 0) is 4.79 Å². The molecular formula is C12H15ClN2O4. The molecule has 0 unspecified atom stereocenters. The standard InChI is InChI=1S/C12H15ClN2O4/c1-7(2)15(3)12(18)8-4-5-9(11(13)14-8)19-6-10(16)17/h4-5,7H,6H2,1-3H3,(H,16,17). The van der Waals surface area contributed by atoms with Gasteiger partial charge in [0.15, 0.2) is 17.5 Å². The fourth-order valence-corrected chi connectivity index (χ4v) is 1.41. The fourth-order valence-electron chi connectivity index (χ4n) is 1.20. The van der Waals surface area contributed by atoms with E-state index >= 15 is 0 Å². The molecule has 7 heteroatoms. The first-order chi connectivity index (χ1) is 8.82. The van der Waals surface area contributed by atoms with Crippen molar-refractivity contribution in [1.82, 2.24) is 9.88 Å². The average Bonchev–Trinajstić information content (AvgIpc) is 2.35. The number of aliphatic carboxylic acids is 1. The molecule has 0 aliphatic carbocycles. The van der Waals surface area contributed by atoms with Crippen molar-refractivity contribution in [3.05, 3.63) is 23.0 Å². The first kappa shape index (κ1) is 15.2. The van der Waals surface area contributed by atoms with Crippen molar-refractivity contribution < 1.29 is 19.4 Å². The van der Waals surface area contributed by atoms with Crippen LogP contribution in [0.1, 0.15) is 24.3 Å². The lowest BCUT2D eigenvalue weighted by Crippen LogP contribution is -2.33. The van der Waals surface area contributed by atoms with E-state index < -0.39 is 12.6 Å². The molecule has 0 saturated heterocycles. The number of carboxylic acid groups (broad SMARTS) is 1. The predicted molar refractivity (Wildman–Crippen MR) is 69.6 cm³/mol. The Morgan fingerprint density at radius 3 is 2.58 bits per heavy atom. The zero-order chi connectivity index (χ0) is 14.6. The van der Waals surface area contributed by atoms with Crippen LogP contribution in [0.4, 0.5) is 0 Å². The summed E-state index contributed by atoms with van der Waals surface area (Å²) in [7, 11) is 1.66. The highest BCUT2D eigenvalue weighted by Crippen LogP contribution is 2.22. The number of nitrogens with zero attached hydrogens (tertiary/aromatic N) is 2. The van der Waals surface area contributed by atoms with Gasteiger partial charge in [0.05, 0.1) is 0 Å². The molecule has 0 aliphatic rings. The van der Waals surface area contributed by atoms with E-state index in [1.54, 1.807) is 7.05 Å². The molecule has 6 nitrogen and oxygen atoms in total. The zero-order valence-corrected chi connectivity index (χ0v) is 11.6. The number of carbonyl (C=O) groups is 2. The van der Waals surface area contributed by atoms with Gasteiger partial charge in [-0.15, -0.1) is 0 Å². The molecule has 0 aromatic carbocycles. The van der Waals surface area contributed by atoms with Gasteiger partial charge in [-0.3, -0.25) is 4.79 Å². The molecule has 0 fully saturated rings. The van der Waals surface area contributed by atoms with Crippen molar-refractivity contribution in [2.45, 2.75) is 19.9 Å². The maximum absolute atomic E-state index is 12.0. The maximum atomic E-state index is 12.0. The van der Waals surface area contributed by atoms with Gasteiger partial charge in [0.25, 0.3) is 5.91 Å². The molecular weight excluding hydrogens is 272 g/mol. The summed E-state index contributed by atoms with van der Waals surface area (Å²) in [5, 5.41) is 8.46. The topological polar surface area (TPSA) is 79.7 Å². The minimum absolute atomic E-state index is 0.0377. The average molecular weight is 287 g/mol. The Hall–Kier alpha value is -1.82. The van der Waals surface area contributed by atoms with E-state index in [1.165, 1.54) is 17.0 Å². The van der Waals surface area contributed by atoms with Crippen molar-refractivity contribution in [2.24, 2.45) is 0 Å². The summed E-state index contributed by atoms with van der Waals surface area (Å²) >= 11 is 5.84. The lowest BCUT2D eigenvalue weighted by molar-refractivity contribution is -0.139. The number of carbonyl (C=O) groups excluding carboxylic acids is 1. The van der Waals surface area contributed by atoms with Crippen molar-refractivity contribution >= 4 is 23.5 Å². The Kier molecular flexibility index (Phi) is 5.11. The molecule has 0 radical (unpaired) electrons. The molecule has 0 spiro atoms. The van der Waals surface area contributed by atoms with Crippen LogP contribution in [0.2, 0.25) is 5.15 Å². The third-order valence-corrected chi connectivity index (χ3v) is 2.75. The minimum atomic E-state index is -1.12. The van der Waals surface area contributed by atoms with Gasteiger partial charge in [-0.1, -0.05) is 11.6 Å². The summed E-state index contributed by atoms with van der Waals surface area (Å²) in [6.45, 7) is 3.24. The molecule has 104 valence electrons. The molecule has 1 heterocycles. The van der Waals surface area contributed by atoms with Gasteiger partial charge in [0, 0.05) is 13.1 Å². The van der Waals surface area contributed by atoms with Gasteiger partial charge in [0.1, 0.15) is 5.69 Å². The van der Waals surface area contributed by atoms with E-state index in [-0.39, 0.29) is 28.5 Å². The highest BCUT2D eigenvalue weighted by molar-refractivity contribution is 6.31. The third kappa shape index (κ3) is 4.10. The largest absolute Gasteiger partial charge is 0.479 e. The van der Waals surface area contributed by atoms with E-state index in [9.17, 15) is 9.59 Å². The molecule has 0 aliphatic heterocycles. The Balaban J connectivity index is 2.87. The summed E-state index contributed by atoms with van der Waals surface area (Å²) in [6, 6.07) is 2.92. The highest BCUT2D eigenvalue weighted by atomic mass is 35.5. The number of pyridine rings is 1. The molecule has 1 rings (SSSR count). The van der Waals surface area contributed by atoms with E-state index in [0.29, 0.717) is 0 Å². The highest BCUT2D eigenvalue weighted by Gasteiger charge is 2.17. The van der Waals surface area contributed by atoms with Crippen LogP contribution in [0, 0.1) is 0 Å². The number of amides is 1. The summed E-state index contributed by atoms with van der Waals surface area (Å²) in [5.41, 5.74) is 0.184. The first-order valence-corrected chi connectivity index (χ1v) is 5.99. The third-order valence-electron chi connectivity index (χ3n) is 2.48. The maximum Gasteiger partial charge on any atom is 0.341 e. The van der Waals surface area contributed by atoms with Gasteiger partial charge >= 0.3 is 5.97 Å². The lowest BCUT2D eigenvalue weighted by atomic mass is 10.2. The summed E-state index contributed by atoms with van der Waals surface area (Å²) < 4.78 is 4.92. The van der Waals surface area contributed by atoms with Gasteiger partial charge in [-0.25, -0.2) is 9.78 Å². The van der Waals surface area contributed by atoms with Gasteiger partial charge in [0.2, 0.25) is 0 Å². The fraction of sp³-hybridized carbons (Fsp3) is 0.417. The molecule has 1 N–H and O–H groups in total. The number of ether oxygens (including phenoxy) is 1. The van der Waals surface area contributed by atoms with Crippen LogP contribution in [0.25, 0.3) is 0 Å². The molecule has 19 heavy (non-hydrogen) atoms. The Labute approximate surface area is 115 Å². The van der Waals surface area contributed by atoms with E-state index in [0.717, 1.165) is 0 Å². The number of hydrogen-bond acceptors (Lipinski definition) is 4. The molecule has 0 atom stereocenters. The van der Waals surface area contributed by atoms with Crippen molar-refractivity contribution in [3.63, 3.8) is 0 Å². The van der Waals surface area contributed by atoms with Gasteiger partial charge in [-0.2, -0.15) is 0 Å². The van der Waals surface area contributed by atoms with Gasteiger partial charge in [-0.05, 0) is 26.0 Å². The quantitative estimate of drug-likeness (QED) is 0.833. The summed E-state index contributed by atoms with van der Waals surface area (Å²) in [6.07, 6.45) is 0. The molecule has 1 aromatic rings. The van der Waals surface area contributed by atoms with Crippen LogP contribution in [-0.4, -0.2) is 46.6 Å². The Morgan fingerprint density at radius 1 is 1.47 bits per heavy atom. The number of carboxylic acids is 1. The predicted octanol–water partition coefficient (Wildman–Crippen LogP) is 1.68. The van der Waals surface area contributed by atoms with E-state index in [4.69, 9.17) is 21.4 Å². The summed E-state index contributed by atoms with van der Waals surface area (Å²) in [4.78, 5) is 27.8. The molecule has 0 saturated carbocycles. The van der Waals surface area contributed by atoms with Crippen molar-refractivity contribution in [2.75, 3.05) is 13.7 Å². The minimum Gasteiger partial charge on any atom is -0.479 e. The van der Waals surface area contributed by atoms with Crippen LogP contribution in [0.15, 0.2) is 12.1 Å². The summed E-state index contributed by atoms with van der Waals surface area (Å²) in [5.74, 6) is -1.25. The van der Waals surface area contributed by atoms with Crippen LogP contribution in [0.5, 0.6) is 5.75 Å². The van der Waals surface area contributed by atoms with Crippen LogP contribution in [0.3, 0.4) is 0 Å². The van der Waals surface area contributed by atoms with Crippen molar-refractivity contribution in [1.29, 1.82) is 0 Å². The van der Waals surface area contributed by atoms with Crippen molar-refractivity contribution in [3.8, 4) is 5.75 Å². The van der Waals surface area contributed by atoms with E-state index in [2.05, 4.69) is 4.98 Å².